The van der Waals surface area contributed by atoms with Crippen molar-refractivity contribution in [2.45, 2.75) is 19.3 Å². The van der Waals surface area contributed by atoms with Gasteiger partial charge in [-0.25, -0.2) is 0 Å². The van der Waals surface area contributed by atoms with E-state index in [4.69, 9.17) is 10.8 Å². The number of nitrogens with two attached hydrogens (primary N) is 1. The van der Waals surface area contributed by atoms with Gasteiger partial charge in [-0.1, -0.05) is 18.2 Å². The van der Waals surface area contributed by atoms with Crippen molar-refractivity contribution < 1.29 is 9.90 Å². The summed E-state index contributed by atoms with van der Waals surface area (Å²) in [7, 11) is 0. The standard InChI is InChI=1S/C13H20N2O2/c14-8-7-11-5-1-2-6-12(11)13(17)15-9-3-4-10-16/h1-2,5-6,16H,3-4,7-10,14H2,(H,15,17). The van der Waals surface area contributed by atoms with Gasteiger partial charge in [-0.2, -0.15) is 0 Å². The second-order valence-electron chi connectivity index (χ2n) is 3.88. The highest BCUT2D eigenvalue weighted by molar-refractivity contribution is 5.95. The molecule has 0 bridgehead atoms. The number of nitrogens with one attached hydrogen (secondary N) is 1. The lowest BCUT2D eigenvalue weighted by molar-refractivity contribution is 0.0951. The molecule has 0 atom stereocenters. The summed E-state index contributed by atoms with van der Waals surface area (Å²) in [5.41, 5.74) is 7.19. The molecule has 4 N–H and O–H groups in total. The molecule has 1 amide bonds. The highest BCUT2D eigenvalue weighted by Crippen LogP contribution is 2.08. The van der Waals surface area contributed by atoms with Gasteiger partial charge in [0, 0.05) is 18.7 Å². The van der Waals surface area contributed by atoms with Crippen molar-refractivity contribution in [2.75, 3.05) is 19.7 Å². The van der Waals surface area contributed by atoms with Crippen molar-refractivity contribution in [1.29, 1.82) is 0 Å². The van der Waals surface area contributed by atoms with Crippen LogP contribution in [0.5, 0.6) is 0 Å². The minimum absolute atomic E-state index is 0.0630. The molecule has 0 heterocycles. The molecule has 0 aliphatic heterocycles. The number of amides is 1. The Labute approximate surface area is 102 Å². The third-order valence-electron chi connectivity index (χ3n) is 2.55. The summed E-state index contributed by atoms with van der Waals surface area (Å²) in [4.78, 5) is 11.9. The lowest BCUT2D eigenvalue weighted by Gasteiger charge is -2.09. The predicted molar refractivity (Wildman–Crippen MR) is 67.9 cm³/mol. The minimum atomic E-state index is -0.0630. The molecule has 0 aliphatic carbocycles. The van der Waals surface area contributed by atoms with Crippen LogP contribution in [0.1, 0.15) is 28.8 Å². The average molecular weight is 236 g/mol. The topological polar surface area (TPSA) is 75.4 Å². The van der Waals surface area contributed by atoms with Crippen LogP contribution >= 0.6 is 0 Å². The molecular weight excluding hydrogens is 216 g/mol. The molecular formula is C13H20N2O2. The van der Waals surface area contributed by atoms with Gasteiger partial charge >= 0.3 is 0 Å². The Bertz CT molecular complexity index is 353. The number of hydrogen-bond donors (Lipinski definition) is 3. The Hall–Kier alpha value is -1.39. The maximum absolute atomic E-state index is 11.9. The zero-order valence-electron chi connectivity index (χ0n) is 9.98. The molecule has 0 fully saturated rings. The molecule has 1 aromatic carbocycles. The van der Waals surface area contributed by atoms with Gasteiger partial charge in [-0.05, 0) is 37.4 Å². The maximum Gasteiger partial charge on any atom is 0.251 e. The number of carbonyl (C=O) groups is 1. The van der Waals surface area contributed by atoms with Crippen LogP contribution in [-0.4, -0.2) is 30.7 Å². The first-order chi connectivity index (χ1) is 8.29. The molecule has 4 heteroatoms. The molecule has 0 aromatic heterocycles. The minimum Gasteiger partial charge on any atom is -0.396 e. The number of hydrogen-bond acceptors (Lipinski definition) is 3. The summed E-state index contributed by atoms with van der Waals surface area (Å²) in [6.45, 7) is 1.30. The van der Waals surface area contributed by atoms with Crippen LogP contribution in [0.2, 0.25) is 0 Å². The Kier molecular flexibility index (Phi) is 6.29. The van der Waals surface area contributed by atoms with Gasteiger partial charge in [-0.3, -0.25) is 4.79 Å². The Balaban J connectivity index is 2.55. The number of aliphatic hydroxyl groups excluding tert-OH is 1. The summed E-state index contributed by atoms with van der Waals surface area (Å²) in [6.07, 6.45) is 2.21. The summed E-state index contributed by atoms with van der Waals surface area (Å²) in [5.74, 6) is -0.0630. The fourth-order valence-corrected chi connectivity index (χ4v) is 1.65. The maximum atomic E-state index is 11.9. The van der Waals surface area contributed by atoms with Crippen LogP contribution in [0.4, 0.5) is 0 Å². The van der Waals surface area contributed by atoms with Crippen molar-refractivity contribution >= 4 is 5.91 Å². The number of carbonyl (C=O) groups excluding carboxylic acids is 1. The van der Waals surface area contributed by atoms with Gasteiger partial charge in [0.05, 0.1) is 0 Å². The lowest BCUT2D eigenvalue weighted by atomic mass is 10.0. The second-order valence-corrected chi connectivity index (χ2v) is 3.88. The van der Waals surface area contributed by atoms with E-state index in [0.717, 1.165) is 12.0 Å². The van der Waals surface area contributed by atoms with E-state index in [1.165, 1.54) is 0 Å². The summed E-state index contributed by atoms with van der Waals surface area (Å²) >= 11 is 0. The van der Waals surface area contributed by atoms with Crippen LogP contribution in [0.3, 0.4) is 0 Å². The van der Waals surface area contributed by atoms with E-state index in [9.17, 15) is 4.79 Å². The molecule has 1 aromatic rings. The molecule has 0 unspecified atom stereocenters. The number of aliphatic hydroxyl groups is 1. The third-order valence-corrected chi connectivity index (χ3v) is 2.55. The highest BCUT2D eigenvalue weighted by Gasteiger charge is 2.09. The Morgan fingerprint density at radius 2 is 2.06 bits per heavy atom. The van der Waals surface area contributed by atoms with Crippen molar-refractivity contribution in [1.82, 2.24) is 5.32 Å². The van der Waals surface area contributed by atoms with E-state index in [-0.39, 0.29) is 12.5 Å². The fraction of sp³-hybridized carbons (Fsp3) is 0.462. The van der Waals surface area contributed by atoms with Crippen LogP contribution in [0.25, 0.3) is 0 Å². The monoisotopic (exact) mass is 236 g/mol. The largest absolute Gasteiger partial charge is 0.396 e. The zero-order valence-corrected chi connectivity index (χ0v) is 9.98. The fourth-order valence-electron chi connectivity index (χ4n) is 1.65. The smallest absolute Gasteiger partial charge is 0.251 e. The van der Waals surface area contributed by atoms with Crippen molar-refractivity contribution in [3.05, 3.63) is 35.4 Å². The number of unbranched alkanes of at least 4 members (excludes halogenated alkanes) is 1. The molecule has 1 rings (SSSR count). The first-order valence-electron chi connectivity index (χ1n) is 5.96. The summed E-state index contributed by atoms with van der Waals surface area (Å²) in [6, 6.07) is 7.50. The van der Waals surface area contributed by atoms with Crippen LogP contribution < -0.4 is 11.1 Å². The molecule has 0 radical (unpaired) electrons. The van der Waals surface area contributed by atoms with E-state index < -0.39 is 0 Å². The molecule has 0 saturated carbocycles. The van der Waals surface area contributed by atoms with E-state index in [1.807, 2.05) is 24.3 Å². The first kappa shape index (κ1) is 13.7. The van der Waals surface area contributed by atoms with E-state index in [2.05, 4.69) is 5.32 Å². The molecule has 17 heavy (non-hydrogen) atoms. The van der Waals surface area contributed by atoms with Crippen molar-refractivity contribution in [3.63, 3.8) is 0 Å². The van der Waals surface area contributed by atoms with Gasteiger partial charge in [0.1, 0.15) is 0 Å². The average Bonchev–Trinajstić information content (AvgIpc) is 2.35. The van der Waals surface area contributed by atoms with Gasteiger partial charge in [-0.15, -0.1) is 0 Å². The summed E-state index contributed by atoms with van der Waals surface area (Å²) in [5, 5.41) is 11.5. The normalized spacial score (nSPS) is 10.2. The molecule has 0 saturated heterocycles. The Morgan fingerprint density at radius 1 is 1.29 bits per heavy atom. The number of benzene rings is 1. The van der Waals surface area contributed by atoms with E-state index >= 15 is 0 Å². The van der Waals surface area contributed by atoms with Crippen molar-refractivity contribution in [3.8, 4) is 0 Å². The Morgan fingerprint density at radius 3 is 2.76 bits per heavy atom. The SMILES string of the molecule is NCCc1ccccc1C(=O)NCCCCO. The van der Waals surface area contributed by atoms with Crippen molar-refractivity contribution in [2.24, 2.45) is 5.73 Å². The van der Waals surface area contributed by atoms with Crippen LogP contribution in [-0.2, 0) is 6.42 Å². The van der Waals surface area contributed by atoms with Gasteiger partial charge in [0.25, 0.3) is 5.91 Å². The second kappa shape index (κ2) is 7.81. The van der Waals surface area contributed by atoms with Crippen LogP contribution in [0, 0.1) is 0 Å². The quantitative estimate of drug-likeness (QED) is 0.610. The molecule has 0 spiro atoms. The van der Waals surface area contributed by atoms with E-state index in [0.29, 0.717) is 31.5 Å². The zero-order chi connectivity index (χ0) is 12.5. The number of rotatable bonds is 7. The summed E-state index contributed by atoms with van der Waals surface area (Å²) < 4.78 is 0. The van der Waals surface area contributed by atoms with Gasteiger partial charge in [0.15, 0.2) is 0 Å². The molecule has 4 nitrogen and oxygen atoms in total. The van der Waals surface area contributed by atoms with Gasteiger partial charge in [0.2, 0.25) is 0 Å². The molecule has 0 aliphatic rings. The van der Waals surface area contributed by atoms with E-state index in [1.54, 1.807) is 0 Å². The third kappa shape index (κ3) is 4.54. The predicted octanol–water partition coefficient (Wildman–Crippen LogP) is 0.690. The van der Waals surface area contributed by atoms with Gasteiger partial charge < -0.3 is 16.2 Å². The molecule has 94 valence electrons. The van der Waals surface area contributed by atoms with Crippen LogP contribution in [0.15, 0.2) is 24.3 Å². The first-order valence-corrected chi connectivity index (χ1v) is 5.96. The highest BCUT2D eigenvalue weighted by atomic mass is 16.2. The lowest BCUT2D eigenvalue weighted by Crippen LogP contribution is -2.26.